The van der Waals surface area contributed by atoms with Gasteiger partial charge in [-0.05, 0) is 30.0 Å². The zero-order valence-electron chi connectivity index (χ0n) is 11.5. The van der Waals surface area contributed by atoms with Crippen molar-refractivity contribution in [3.05, 3.63) is 70.8 Å². The maximum absolute atomic E-state index is 13.6. The molecule has 0 aliphatic carbocycles. The first kappa shape index (κ1) is 14.4. The van der Waals surface area contributed by atoms with Gasteiger partial charge < -0.3 is 0 Å². The van der Waals surface area contributed by atoms with Crippen LogP contribution in [0, 0.1) is 17.6 Å². The maximum Gasteiger partial charge on any atom is 0.196 e. The summed E-state index contributed by atoms with van der Waals surface area (Å²) < 4.78 is 26.7. The minimum atomic E-state index is -1.09. The van der Waals surface area contributed by atoms with E-state index >= 15 is 0 Å². The van der Waals surface area contributed by atoms with Crippen molar-refractivity contribution >= 4 is 5.78 Å². The van der Waals surface area contributed by atoms with Gasteiger partial charge in [-0.25, -0.2) is 8.78 Å². The van der Waals surface area contributed by atoms with Gasteiger partial charge in [0.1, 0.15) is 0 Å². The molecule has 0 heterocycles. The second-order valence-electron chi connectivity index (χ2n) is 5.23. The molecule has 0 saturated heterocycles. The Kier molecular flexibility index (Phi) is 4.28. The molecule has 0 aromatic heterocycles. The van der Waals surface area contributed by atoms with E-state index in [0.29, 0.717) is 11.5 Å². The molecule has 0 amide bonds. The molecule has 0 radical (unpaired) electrons. The number of hydrogen-bond acceptors (Lipinski definition) is 1. The van der Waals surface area contributed by atoms with E-state index in [1.165, 1.54) is 12.1 Å². The van der Waals surface area contributed by atoms with E-state index in [2.05, 4.69) is 13.8 Å². The third kappa shape index (κ3) is 3.10. The molecule has 0 unspecified atom stereocenters. The van der Waals surface area contributed by atoms with Crippen LogP contribution in [0.3, 0.4) is 0 Å². The van der Waals surface area contributed by atoms with E-state index in [0.717, 1.165) is 18.1 Å². The molecule has 0 saturated carbocycles. The van der Waals surface area contributed by atoms with Crippen molar-refractivity contribution in [3.63, 3.8) is 0 Å². The van der Waals surface area contributed by atoms with Gasteiger partial charge in [0, 0.05) is 5.56 Å². The molecule has 0 spiro atoms. The lowest BCUT2D eigenvalue weighted by Crippen LogP contribution is -2.06. The van der Waals surface area contributed by atoms with Gasteiger partial charge in [0.2, 0.25) is 0 Å². The topological polar surface area (TPSA) is 17.1 Å². The van der Waals surface area contributed by atoms with Gasteiger partial charge >= 0.3 is 0 Å². The molecule has 20 heavy (non-hydrogen) atoms. The van der Waals surface area contributed by atoms with Gasteiger partial charge in [0.25, 0.3) is 0 Å². The quantitative estimate of drug-likeness (QED) is 0.755. The highest BCUT2D eigenvalue weighted by Crippen LogP contribution is 2.17. The van der Waals surface area contributed by atoms with Crippen LogP contribution in [-0.2, 0) is 6.42 Å². The molecule has 2 rings (SSSR count). The summed E-state index contributed by atoms with van der Waals surface area (Å²) in [5.41, 5.74) is 1.25. The summed E-state index contributed by atoms with van der Waals surface area (Å²) in [6.07, 6.45) is 0.919. The van der Waals surface area contributed by atoms with Crippen LogP contribution >= 0.6 is 0 Å². The van der Waals surface area contributed by atoms with Gasteiger partial charge in [0.05, 0.1) is 5.56 Å². The third-order valence-electron chi connectivity index (χ3n) is 3.06. The maximum atomic E-state index is 13.6. The van der Waals surface area contributed by atoms with Crippen LogP contribution in [0.1, 0.15) is 35.3 Å². The highest BCUT2D eigenvalue weighted by Gasteiger charge is 2.16. The first-order valence-corrected chi connectivity index (χ1v) is 6.56. The predicted molar refractivity (Wildman–Crippen MR) is 74.8 cm³/mol. The summed E-state index contributed by atoms with van der Waals surface area (Å²) >= 11 is 0. The van der Waals surface area contributed by atoms with Gasteiger partial charge in [-0.3, -0.25) is 4.79 Å². The highest BCUT2D eigenvalue weighted by atomic mass is 19.2. The molecule has 104 valence electrons. The minimum absolute atomic E-state index is 0.235. The Morgan fingerprint density at radius 3 is 2.30 bits per heavy atom. The van der Waals surface area contributed by atoms with Crippen LogP contribution in [0.15, 0.2) is 42.5 Å². The van der Waals surface area contributed by atoms with Gasteiger partial charge in [-0.15, -0.1) is 0 Å². The summed E-state index contributed by atoms with van der Waals surface area (Å²) in [5, 5.41) is 0. The number of ketones is 1. The number of hydrogen-bond donors (Lipinski definition) is 0. The lowest BCUT2D eigenvalue weighted by atomic mass is 9.98. The summed E-state index contributed by atoms with van der Waals surface area (Å²) in [6, 6.07) is 10.6. The molecule has 0 bridgehead atoms. The number of halogens is 2. The van der Waals surface area contributed by atoms with Crippen LogP contribution in [0.25, 0.3) is 0 Å². The third-order valence-corrected chi connectivity index (χ3v) is 3.06. The standard InChI is InChI=1S/C17H16F2O/c1-11(2)10-12-6-8-13(9-7-12)17(20)14-4-3-5-15(18)16(14)19/h3-9,11H,10H2,1-2H3. The number of carbonyl (C=O) groups excluding carboxylic acids is 1. The fourth-order valence-electron chi connectivity index (χ4n) is 2.10. The van der Waals surface area contributed by atoms with E-state index in [-0.39, 0.29) is 5.56 Å². The molecule has 1 nitrogen and oxygen atoms in total. The molecular formula is C17H16F2O. The first-order chi connectivity index (χ1) is 9.49. The number of rotatable bonds is 4. The summed E-state index contributed by atoms with van der Waals surface area (Å²) in [5.74, 6) is -2.08. The number of benzene rings is 2. The molecule has 3 heteroatoms. The zero-order valence-corrected chi connectivity index (χ0v) is 11.5. The van der Waals surface area contributed by atoms with E-state index in [9.17, 15) is 13.6 Å². The van der Waals surface area contributed by atoms with Crippen molar-refractivity contribution in [2.24, 2.45) is 5.92 Å². The highest BCUT2D eigenvalue weighted by molar-refractivity contribution is 6.09. The van der Waals surface area contributed by atoms with Crippen molar-refractivity contribution < 1.29 is 13.6 Å². The van der Waals surface area contributed by atoms with Crippen LogP contribution in [0.2, 0.25) is 0 Å². The van der Waals surface area contributed by atoms with E-state index in [4.69, 9.17) is 0 Å². The van der Waals surface area contributed by atoms with Crippen molar-refractivity contribution in [1.29, 1.82) is 0 Å². The normalized spacial score (nSPS) is 10.8. The Hall–Kier alpha value is -2.03. The second kappa shape index (κ2) is 5.95. The molecule has 2 aromatic rings. The largest absolute Gasteiger partial charge is 0.288 e. The molecule has 0 fully saturated rings. The average Bonchev–Trinajstić information content (AvgIpc) is 2.41. The van der Waals surface area contributed by atoms with Crippen LogP contribution < -0.4 is 0 Å². The van der Waals surface area contributed by atoms with Crippen LogP contribution in [0.5, 0.6) is 0 Å². The van der Waals surface area contributed by atoms with Crippen molar-refractivity contribution in [2.45, 2.75) is 20.3 Å². The lowest BCUT2D eigenvalue weighted by Gasteiger charge is -2.07. The smallest absolute Gasteiger partial charge is 0.196 e. The summed E-state index contributed by atoms with van der Waals surface area (Å²) in [7, 11) is 0. The molecular weight excluding hydrogens is 258 g/mol. The SMILES string of the molecule is CC(C)Cc1ccc(C(=O)c2cccc(F)c2F)cc1. The van der Waals surface area contributed by atoms with Crippen molar-refractivity contribution in [2.75, 3.05) is 0 Å². The zero-order chi connectivity index (χ0) is 14.7. The fraction of sp³-hybridized carbons (Fsp3) is 0.235. The van der Waals surface area contributed by atoms with Crippen molar-refractivity contribution in [1.82, 2.24) is 0 Å². The lowest BCUT2D eigenvalue weighted by molar-refractivity contribution is 0.103. The monoisotopic (exact) mass is 274 g/mol. The van der Waals surface area contributed by atoms with E-state index in [1.807, 2.05) is 12.1 Å². The van der Waals surface area contributed by atoms with Gasteiger partial charge in [0.15, 0.2) is 17.4 Å². The van der Waals surface area contributed by atoms with E-state index < -0.39 is 17.4 Å². The Bertz CT molecular complexity index is 615. The first-order valence-electron chi connectivity index (χ1n) is 6.56. The van der Waals surface area contributed by atoms with Crippen molar-refractivity contribution in [3.8, 4) is 0 Å². The van der Waals surface area contributed by atoms with Crippen LogP contribution in [-0.4, -0.2) is 5.78 Å². The molecule has 2 aromatic carbocycles. The summed E-state index contributed by atoms with van der Waals surface area (Å²) in [6.45, 7) is 4.22. The Balaban J connectivity index is 2.27. The molecule has 0 aliphatic heterocycles. The average molecular weight is 274 g/mol. The molecule has 0 N–H and O–H groups in total. The fourth-order valence-corrected chi connectivity index (χ4v) is 2.10. The molecule has 0 atom stereocenters. The van der Waals surface area contributed by atoms with E-state index in [1.54, 1.807) is 12.1 Å². The van der Waals surface area contributed by atoms with Gasteiger partial charge in [-0.1, -0.05) is 44.2 Å². The van der Waals surface area contributed by atoms with Crippen LogP contribution in [0.4, 0.5) is 8.78 Å². The predicted octanol–water partition coefficient (Wildman–Crippen LogP) is 4.39. The minimum Gasteiger partial charge on any atom is -0.288 e. The summed E-state index contributed by atoms with van der Waals surface area (Å²) in [4.78, 5) is 12.1. The van der Waals surface area contributed by atoms with Gasteiger partial charge in [-0.2, -0.15) is 0 Å². The Labute approximate surface area is 117 Å². The second-order valence-corrected chi connectivity index (χ2v) is 5.23. The molecule has 0 aliphatic rings. The Morgan fingerprint density at radius 1 is 1.05 bits per heavy atom. The Morgan fingerprint density at radius 2 is 1.70 bits per heavy atom. The number of carbonyl (C=O) groups is 1.